The SMILES string of the molecule is Nc1ccc(Cl)c(Nc2ccc3nccnc3n2)c1. The van der Waals surface area contributed by atoms with Crippen molar-refractivity contribution in [2.75, 3.05) is 11.1 Å². The van der Waals surface area contributed by atoms with Crippen LogP contribution in [0.3, 0.4) is 0 Å². The Balaban J connectivity index is 1.98. The van der Waals surface area contributed by atoms with Crippen LogP contribution in [0.25, 0.3) is 11.2 Å². The van der Waals surface area contributed by atoms with Gasteiger partial charge in [-0.2, -0.15) is 0 Å². The molecule has 0 amide bonds. The van der Waals surface area contributed by atoms with Crippen LogP contribution < -0.4 is 11.1 Å². The highest BCUT2D eigenvalue weighted by molar-refractivity contribution is 6.33. The average molecular weight is 272 g/mol. The number of hydrogen-bond acceptors (Lipinski definition) is 5. The van der Waals surface area contributed by atoms with Crippen LogP contribution in [0, 0.1) is 0 Å². The summed E-state index contributed by atoms with van der Waals surface area (Å²) >= 11 is 6.09. The zero-order valence-corrected chi connectivity index (χ0v) is 10.6. The smallest absolute Gasteiger partial charge is 0.180 e. The van der Waals surface area contributed by atoms with Crippen LogP contribution >= 0.6 is 11.6 Å². The summed E-state index contributed by atoms with van der Waals surface area (Å²) in [6, 6.07) is 8.90. The molecular formula is C13H10ClN5. The highest BCUT2D eigenvalue weighted by Crippen LogP contribution is 2.27. The topological polar surface area (TPSA) is 76.7 Å². The number of pyridine rings is 1. The molecule has 1 aromatic carbocycles. The van der Waals surface area contributed by atoms with Gasteiger partial charge in [0.25, 0.3) is 0 Å². The summed E-state index contributed by atoms with van der Waals surface area (Å²) in [5.74, 6) is 0.639. The number of aromatic nitrogens is 3. The molecule has 0 unspecified atom stereocenters. The van der Waals surface area contributed by atoms with Gasteiger partial charge in [-0.15, -0.1) is 0 Å². The first kappa shape index (κ1) is 11.7. The lowest BCUT2D eigenvalue weighted by molar-refractivity contribution is 1.22. The third kappa shape index (κ3) is 2.41. The fourth-order valence-electron chi connectivity index (χ4n) is 1.70. The Morgan fingerprint density at radius 3 is 2.79 bits per heavy atom. The minimum absolute atomic E-state index is 0.576. The van der Waals surface area contributed by atoms with Gasteiger partial charge in [0.2, 0.25) is 0 Å². The number of anilines is 3. The number of fused-ring (bicyclic) bond motifs is 1. The number of rotatable bonds is 2. The molecule has 0 aliphatic carbocycles. The summed E-state index contributed by atoms with van der Waals surface area (Å²) in [4.78, 5) is 12.7. The summed E-state index contributed by atoms with van der Waals surface area (Å²) in [5, 5.41) is 3.69. The molecular weight excluding hydrogens is 262 g/mol. The van der Waals surface area contributed by atoms with Crippen molar-refractivity contribution in [3.63, 3.8) is 0 Å². The van der Waals surface area contributed by atoms with Gasteiger partial charge in [0.05, 0.1) is 10.7 Å². The highest BCUT2D eigenvalue weighted by atomic mass is 35.5. The maximum absolute atomic E-state index is 6.09. The molecule has 3 N–H and O–H groups in total. The Hall–Kier alpha value is -2.40. The summed E-state index contributed by atoms with van der Waals surface area (Å²) in [6.07, 6.45) is 3.23. The summed E-state index contributed by atoms with van der Waals surface area (Å²) in [6.45, 7) is 0. The van der Waals surface area contributed by atoms with Crippen LogP contribution in [0.5, 0.6) is 0 Å². The molecule has 2 aromatic heterocycles. The van der Waals surface area contributed by atoms with Crippen molar-refractivity contribution < 1.29 is 0 Å². The van der Waals surface area contributed by atoms with Gasteiger partial charge in [-0.25, -0.2) is 9.97 Å². The first-order valence-corrected chi connectivity index (χ1v) is 6.00. The van der Waals surface area contributed by atoms with E-state index in [4.69, 9.17) is 17.3 Å². The number of nitrogens with two attached hydrogens (primary N) is 1. The molecule has 3 rings (SSSR count). The van der Waals surface area contributed by atoms with Crippen molar-refractivity contribution in [2.45, 2.75) is 0 Å². The van der Waals surface area contributed by atoms with Gasteiger partial charge in [0, 0.05) is 18.1 Å². The minimum Gasteiger partial charge on any atom is -0.399 e. The highest BCUT2D eigenvalue weighted by Gasteiger charge is 2.04. The maximum Gasteiger partial charge on any atom is 0.180 e. The molecule has 0 fully saturated rings. The van der Waals surface area contributed by atoms with E-state index in [0.717, 1.165) is 5.52 Å². The quantitative estimate of drug-likeness (QED) is 0.701. The van der Waals surface area contributed by atoms with Crippen molar-refractivity contribution in [3.05, 3.63) is 47.7 Å². The predicted molar refractivity (Wildman–Crippen MR) is 76.5 cm³/mol. The number of hydrogen-bond donors (Lipinski definition) is 2. The second kappa shape index (κ2) is 4.70. The van der Waals surface area contributed by atoms with Crippen LogP contribution in [0.1, 0.15) is 0 Å². The molecule has 0 radical (unpaired) electrons. The fraction of sp³-hybridized carbons (Fsp3) is 0. The molecule has 19 heavy (non-hydrogen) atoms. The first-order chi connectivity index (χ1) is 9.22. The molecule has 0 atom stereocenters. The van der Waals surface area contributed by atoms with Gasteiger partial charge >= 0.3 is 0 Å². The van der Waals surface area contributed by atoms with Gasteiger partial charge in [-0.05, 0) is 30.3 Å². The normalized spacial score (nSPS) is 10.6. The Morgan fingerprint density at radius 2 is 1.89 bits per heavy atom. The van der Waals surface area contributed by atoms with Crippen molar-refractivity contribution in [1.29, 1.82) is 0 Å². The van der Waals surface area contributed by atoms with Crippen LogP contribution in [-0.4, -0.2) is 15.0 Å². The lowest BCUT2D eigenvalue weighted by Gasteiger charge is -2.08. The summed E-state index contributed by atoms with van der Waals surface area (Å²) < 4.78 is 0. The Labute approximate surface area is 114 Å². The van der Waals surface area contributed by atoms with E-state index in [-0.39, 0.29) is 0 Å². The Bertz CT molecular complexity index is 744. The van der Waals surface area contributed by atoms with Crippen LogP contribution in [-0.2, 0) is 0 Å². The lowest BCUT2D eigenvalue weighted by atomic mass is 10.3. The van der Waals surface area contributed by atoms with Crippen molar-refractivity contribution >= 4 is 40.0 Å². The Kier molecular flexibility index (Phi) is 2.89. The van der Waals surface area contributed by atoms with Crippen molar-refractivity contribution in [2.24, 2.45) is 0 Å². The minimum atomic E-state index is 0.576. The number of benzene rings is 1. The predicted octanol–water partition coefficient (Wildman–Crippen LogP) is 3.00. The fourth-order valence-corrected chi connectivity index (χ4v) is 1.87. The van der Waals surface area contributed by atoms with Crippen molar-refractivity contribution in [3.8, 4) is 0 Å². The molecule has 0 saturated heterocycles. The van der Waals surface area contributed by atoms with E-state index < -0.39 is 0 Å². The van der Waals surface area contributed by atoms with E-state index in [1.165, 1.54) is 0 Å². The third-order valence-electron chi connectivity index (χ3n) is 2.58. The Morgan fingerprint density at radius 1 is 1.05 bits per heavy atom. The molecule has 2 heterocycles. The van der Waals surface area contributed by atoms with Gasteiger partial charge in [0.15, 0.2) is 5.65 Å². The molecule has 0 aliphatic rings. The van der Waals surface area contributed by atoms with Crippen LogP contribution in [0.4, 0.5) is 17.2 Å². The zero-order chi connectivity index (χ0) is 13.2. The zero-order valence-electron chi connectivity index (χ0n) is 9.84. The van der Waals surface area contributed by atoms with E-state index in [2.05, 4.69) is 20.3 Å². The second-order valence-corrected chi connectivity index (χ2v) is 4.37. The summed E-state index contributed by atoms with van der Waals surface area (Å²) in [7, 11) is 0. The molecule has 3 aromatic rings. The molecule has 0 spiro atoms. The molecule has 0 saturated carbocycles. The van der Waals surface area contributed by atoms with Crippen LogP contribution in [0.15, 0.2) is 42.7 Å². The lowest BCUT2D eigenvalue weighted by Crippen LogP contribution is -1.97. The standard InChI is InChI=1S/C13H10ClN5/c14-9-2-1-8(15)7-11(9)18-12-4-3-10-13(19-12)17-6-5-16-10/h1-7H,15H2,(H,17,18,19). The summed E-state index contributed by atoms with van der Waals surface area (Å²) in [5.41, 5.74) is 8.39. The molecule has 6 heteroatoms. The third-order valence-corrected chi connectivity index (χ3v) is 2.91. The van der Waals surface area contributed by atoms with Crippen LogP contribution in [0.2, 0.25) is 5.02 Å². The number of nitrogen functional groups attached to an aromatic ring is 1. The average Bonchev–Trinajstić information content (AvgIpc) is 2.43. The maximum atomic E-state index is 6.09. The molecule has 5 nitrogen and oxygen atoms in total. The van der Waals surface area contributed by atoms with Gasteiger partial charge in [-0.3, -0.25) is 4.98 Å². The van der Waals surface area contributed by atoms with Crippen molar-refractivity contribution in [1.82, 2.24) is 15.0 Å². The van der Waals surface area contributed by atoms with Gasteiger partial charge in [-0.1, -0.05) is 11.6 Å². The number of halogens is 1. The van der Waals surface area contributed by atoms with E-state index in [0.29, 0.717) is 27.9 Å². The number of nitrogens with zero attached hydrogens (tertiary/aromatic N) is 3. The monoisotopic (exact) mass is 271 g/mol. The number of nitrogens with one attached hydrogen (secondary N) is 1. The largest absolute Gasteiger partial charge is 0.399 e. The second-order valence-electron chi connectivity index (χ2n) is 3.96. The molecule has 0 bridgehead atoms. The first-order valence-electron chi connectivity index (χ1n) is 5.62. The van der Waals surface area contributed by atoms with E-state index >= 15 is 0 Å². The van der Waals surface area contributed by atoms with E-state index in [1.807, 2.05) is 12.1 Å². The van der Waals surface area contributed by atoms with Gasteiger partial charge < -0.3 is 11.1 Å². The molecule has 94 valence electrons. The van der Waals surface area contributed by atoms with E-state index in [1.54, 1.807) is 30.6 Å². The molecule has 0 aliphatic heterocycles. The van der Waals surface area contributed by atoms with E-state index in [9.17, 15) is 0 Å². The van der Waals surface area contributed by atoms with Gasteiger partial charge in [0.1, 0.15) is 11.3 Å².